The van der Waals surface area contributed by atoms with Gasteiger partial charge in [-0.3, -0.25) is 14.4 Å². The molecule has 4 atom stereocenters. The number of carbonyl (C=O) groups excluding carboxylic acids is 3. The number of carbonyl (C=O) groups is 3. The quantitative estimate of drug-likeness (QED) is 0.0350. The Balaban J connectivity index is 1.61. The van der Waals surface area contributed by atoms with E-state index in [2.05, 4.69) is 18.7 Å². The number of unbranched alkanes of at least 4 members (excludes halogenated alkanes) is 28. The van der Waals surface area contributed by atoms with Gasteiger partial charge in [0.2, 0.25) is 0 Å². The maximum atomic E-state index is 13.0. The molecule has 0 aliphatic carbocycles. The van der Waals surface area contributed by atoms with E-state index < -0.39 is 18.3 Å². The van der Waals surface area contributed by atoms with Gasteiger partial charge in [0.05, 0.1) is 12.5 Å². The fourth-order valence-electron chi connectivity index (χ4n) is 8.17. The van der Waals surface area contributed by atoms with E-state index in [1.54, 1.807) is 0 Å². The van der Waals surface area contributed by atoms with Crippen molar-refractivity contribution in [1.82, 2.24) is 4.90 Å². The first-order chi connectivity index (χ1) is 26.9. The molecular formula is C47H87NO7. The molecule has 0 bridgehead atoms. The van der Waals surface area contributed by atoms with Crippen molar-refractivity contribution < 1.29 is 33.3 Å². The summed E-state index contributed by atoms with van der Waals surface area (Å²) in [4.78, 5) is 40.7. The van der Waals surface area contributed by atoms with Gasteiger partial charge in [-0.2, -0.15) is 0 Å². The summed E-state index contributed by atoms with van der Waals surface area (Å²) in [7, 11) is 2.00. The molecule has 0 radical (unpaired) electrons. The molecule has 2 aliphatic rings. The van der Waals surface area contributed by atoms with Crippen molar-refractivity contribution in [1.29, 1.82) is 0 Å². The zero-order valence-electron chi connectivity index (χ0n) is 36.3. The normalized spacial score (nSPS) is 19.9. The molecule has 2 fully saturated rings. The van der Waals surface area contributed by atoms with Crippen molar-refractivity contribution >= 4 is 17.9 Å². The molecule has 55 heavy (non-hydrogen) atoms. The smallest absolute Gasteiger partial charge is 0.310 e. The van der Waals surface area contributed by atoms with Crippen molar-refractivity contribution in [3.05, 3.63) is 0 Å². The zero-order valence-corrected chi connectivity index (χ0v) is 36.3. The third-order valence-electron chi connectivity index (χ3n) is 11.8. The molecule has 2 aliphatic heterocycles. The van der Waals surface area contributed by atoms with Gasteiger partial charge in [0.1, 0.15) is 12.7 Å². The van der Waals surface area contributed by atoms with Crippen molar-refractivity contribution in [2.24, 2.45) is 5.92 Å². The molecule has 8 heteroatoms. The molecule has 0 aromatic heterocycles. The summed E-state index contributed by atoms with van der Waals surface area (Å²) in [6, 6.07) is 0. The minimum atomic E-state index is -0.770. The predicted molar refractivity (Wildman–Crippen MR) is 225 cm³/mol. The van der Waals surface area contributed by atoms with Gasteiger partial charge in [0.15, 0.2) is 12.2 Å². The van der Waals surface area contributed by atoms with E-state index in [-0.39, 0.29) is 37.0 Å². The lowest BCUT2D eigenvalue weighted by Crippen LogP contribution is -2.40. The van der Waals surface area contributed by atoms with Crippen molar-refractivity contribution in [2.45, 2.75) is 244 Å². The molecule has 322 valence electrons. The Morgan fingerprint density at radius 3 is 1.31 bits per heavy atom. The maximum Gasteiger partial charge on any atom is 0.310 e. The summed E-state index contributed by atoms with van der Waals surface area (Å²) in [6.07, 6.45) is 37.5. The predicted octanol–water partition coefficient (Wildman–Crippen LogP) is 12.2. The number of hydrogen-bond acceptors (Lipinski definition) is 8. The van der Waals surface area contributed by atoms with Gasteiger partial charge in [-0.25, -0.2) is 0 Å². The van der Waals surface area contributed by atoms with Gasteiger partial charge < -0.3 is 23.8 Å². The Morgan fingerprint density at radius 1 is 0.545 bits per heavy atom. The Morgan fingerprint density at radius 2 is 0.927 bits per heavy atom. The monoisotopic (exact) mass is 778 g/mol. The number of rotatable bonds is 37. The van der Waals surface area contributed by atoms with Gasteiger partial charge in [0.25, 0.3) is 0 Å². The second-order valence-electron chi connectivity index (χ2n) is 17.1. The maximum absolute atomic E-state index is 13.0. The Kier molecular flexibility index (Phi) is 30.9. The molecule has 2 heterocycles. The minimum Gasteiger partial charge on any atom is -0.463 e. The number of esters is 3. The van der Waals surface area contributed by atoms with Crippen LogP contribution in [0.1, 0.15) is 226 Å². The van der Waals surface area contributed by atoms with Crippen LogP contribution in [0.15, 0.2) is 0 Å². The highest BCUT2D eigenvalue weighted by atomic mass is 16.6. The van der Waals surface area contributed by atoms with Crippen molar-refractivity contribution in [2.75, 3.05) is 33.4 Å². The van der Waals surface area contributed by atoms with E-state index in [0.29, 0.717) is 19.4 Å². The second kappa shape index (κ2) is 34.4. The van der Waals surface area contributed by atoms with E-state index in [9.17, 15) is 14.4 Å². The van der Waals surface area contributed by atoms with Crippen LogP contribution in [-0.2, 0) is 33.3 Å². The summed E-state index contributed by atoms with van der Waals surface area (Å²) in [5.41, 5.74) is 0. The molecule has 1 unspecified atom stereocenters. The van der Waals surface area contributed by atoms with Crippen molar-refractivity contribution in [3.8, 4) is 0 Å². The molecule has 0 spiro atoms. The molecule has 2 saturated heterocycles. The van der Waals surface area contributed by atoms with E-state index in [4.69, 9.17) is 18.9 Å². The van der Waals surface area contributed by atoms with E-state index >= 15 is 0 Å². The second-order valence-corrected chi connectivity index (χ2v) is 17.1. The fourth-order valence-corrected chi connectivity index (χ4v) is 8.17. The van der Waals surface area contributed by atoms with E-state index in [1.807, 2.05) is 7.05 Å². The SMILES string of the molecule is CCCCCCCCCCCCCCCCCC(=O)O[C@@H]1[C@@H](OC(=O)CCCCCCCCCCCCCCCCC)CO[C@@H]1COC(=O)C1CCN(C)C1. The fraction of sp³-hybridized carbons (Fsp3) is 0.936. The van der Waals surface area contributed by atoms with Crippen LogP contribution in [0.25, 0.3) is 0 Å². The topological polar surface area (TPSA) is 91.4 Å². The van der Waals surface area contributed by atoms with Gasteiger partial charge in [-0.1, -0.05) is 194 Å². The van der Waals surface area contributed by atoms with Crippen LogP contribution in [0.3, 0.4) is 0 Å². The first-order valence-electron chi connectivity index (χ1n) is 23.8. The lowest BCUT2D eigenvalue weighted by Gasteiger charge is -2.23. The standard InChI is InChI=1S/C47H87NO7/c1-4-6-8-10-12-14-16-18-20-22-24-26-28-30-32-34-44(49)54-43-40-52-42(39-53-47(51)41-36-37-48(3)38-41)46(43)55-45(50)35-33-31-29-27-25-23-21-19-17-15-13-11-9-7-5-2/h41-43,46H,4-40H2,1-3H3/t41?,42-,43+,46+/m1/s1. The summed E-state index contributed by atoms with van der Waals surface area (Å²) in [5, 5.41) is 0. The first kappa shape index (κ1) is 49.5. The Labute approximate surface area is 338 Å². The molecule has 0 aromatic rings. The van der Waals surface area contributed by atoms with Gasteiger partial charge in [-0.05, 0) is 32.9 Å². The summed E-state index contributed by atoms with van der Waals surface area (Å²) < 4.78 is 23.3. The largest absolute Gasteiger partial charge is 0.463 e. The van der Waals surface area contributed by atoms with E-state index in [1.165, 1.54) is 154 Å². The van der Waals surface area contributed by atoms with Crippen molar-refractivity contribution in [3.63, 3.8) is 0 Å². The van der Waals surface area contributed by atoms with Gasteiger partial charge >= 0.3 is 17.9 Å². The third-order valence-corrected chi connectivity index (χ3v) is 11.8. The highest BCUT2D eigenvalue weighted by molar-refractivity contribution is 5.73. The van der Waals surface area contributed by atoms with Crippen LogP contribution in [-0.4, -0.2) is 74.5 Å². The highest BCUT2D eigenvalue weighted by Crippen LogP contribution is 2.25. The molecule has 0 N–H and O–H groups in total. The van der Waals surface area contributed by atoms with Crippen LogP contribution >= 0.6 is 0 Å². The van der Waals surface area contributed by atoms with Crippen LogP contribution in [0.5, 0.6) is 0 Å². The van der Waals surface area contributed by atoms with Crippen LogP contribution in [0.2, 0.25) is 0 Å². The van der Waals surface area contributed by atoms with Crippen LogP contribution < -0.4 is 0 Å². The Bertz CT molecular complexity index is 944. The molecular weight excluding hydrogens is 691 g/mol. The average Bonchev–Trinajstić information content (AvgIpc) is 3.78. The number of ether oxygens (including phenoxy) is 4. The van der Waals surface area contributed by atoms with E-state index in [0.717, 1.165) is 51.5 Å². The number of likely N-dealkylation sites (tertiary alicyclic amines) is 1. The summed E-state index contributed by atoms with van der Waals surface area (Å²) in [6.45, 7) is 6.22. The molecule has 0 amide bonds. The highest BCUT2D eigenvalue weighted by Gasteiger charge is 2.44. The minimum absolute atomic E-state index is 0.0109. The molecule has 0 aromatic carbocycles. The lowest BCUT2D eigenvalue weighted by atomic mass is 10.0. The average molecular weight is 778 g/mol. The van der Waals surface area contributed by atoms with Crippen LogP contribution in [0, 0.1) is 5.92 Å². The zero-order chi connectivity index (χ0) is 39.6. The Hall–Kier alpha value is -1.67. The third kappa shape index (κ3) is 26.1. The van der Waals surface area contributed by atoms with Gasteiger partial charge in [-0.15, -0.1) is 0 Å². The lowest BCUT2D eigenvalue weighted by molar-refractivity contribution is -0.168. The molecule has 8 nitrogen and oxygen atoms in total. The first-order valence-corrected chi connectivity index (χ1v) is 23.8. The number of nitrogens with zero attached hydrogens (tertiary/aromatic N) is 1. The van der Waals surface area contributed by atoms with Gasteiger partial charge in [0, 0.05) is 19.4 Å². The van der Waals surface area contributed by atoms with Crippen LogP contribution in [0.4, 0.5) is 0 Å². The summed E-state index contributed by atoms with van der Waals surface area (Å²) >= 11 is 0. The number of hydrogen-bond donors (Lipinski definition) is 0. The summed E-state index contributed by atoms with van der Waals surface area (Å²) in [5.74, 6) is -0.980. The molecule has 2 rings (SSSR count). The molecule has 0 saturated carbocycles.